The van der Waals surface area contributed by atoms with Gasteiger partial charge in [-0.25, -0.2) is 4.98 Å². The zero-order valence-electron chi connectivity index (χ0n) is 18.2. The van der Waals surface area contributed by atoms with Gasteiger partial charge in [-0.3, -0.25) is 10.1 Å². The molecule has 5 rings (SSSR count). The maximum atomic E-state index is 12.9. The predicted octanol–water partition coefficient (Wildman–Crippen LogP) is 7.94. The molecule has 0 saturated carbocycles. The van der Waals surface area contributed by atoms with E-state index >= 15 is 0 Å². The molecule has 172 valence electrons. The lowest BCUT2D eigenvalue weighted by Gasteiger charge is -2.07. The van der Waals surface area contributed by atoms with Crippen molar-refractivity contribution in [2.75, 3.05) is 5.32 Å². The summed E-state index contributed by atoms with van der Waals surface area (Å²) < 4.78 is 5.96. The molecule has 0 saturated heterocycles. The van der Waals surface area contributed by atoms with Crippen molar-refractivity contribution in [2.45, 2.75) is 0 Å². The summed E-state index contributed by atoms with van der Waals surface area (Å²) in [6, 6.07) is 28.7. The minimum Gasteiger partial charge on any atom is -0.507 e. The average molecular weight is 501 g/mol. The SMILES string of the molecule is O=C(Nc1oc(-c2ccc(-c3ccccc3)cc2O)nc1-c1c(Cl)cccc1Cl)c1ccccc1. The van der Waals surface area contributed by atoms with Crippen molar-refractivity contribution in [2.24, 2.45) is 0 Å². The summed E-state index contributed by atoms with van der Waals surface area (Å²) in [6.45, 7) is 0. The van der Waals surface area contributed by atoms with E-state index < -0.39 is 0 Å². The number of nitrogens with one attached hydrogen (secondary N) is 1. The quantitative estimate of drug-likeness (QED) is 0.256. The Labute approximate surface area is 211 Å². The van der Waals surface area contributed by atoms with Crippen LogP contribution in [0, 0.1) is 0 Å². The van der Waals surface area contributed by atoms with Gasteiger partial charge in [0.05, 0.1) is 15.6 Å². The molecule has 0 aliphatic heterocycles. The minimum atomic E-state index is -0.388. The number of amides is 1. The summed E-state index contributed by atoms with van der Waals surface area (Å²) in [5.74, 6) is -0.237. The molecule has 0 spiro atoms. The minimum absolute atomic E-state index is 0.0228. The Morgan fingerprint density at radius 3 is 2.11 bits per heavy atom. The Balaban J connectivity index is 1.59. The van der Waals surface area contributed by atoms with E-state index in [-0.39, 0.29) is 29.1 Å². The number of halogens is 2. The van der Waals surface area contributed by atoms with Crippen LogP contribution in [0.2, 0.25) is 10.0 Å². The monoisotopic (exact) mass is 500 g/mol. The van der Waals surface area contributed by atoms with Gasteiger partial charge < -0.3 is 9.52 Å². The van der Waals surface area contributed by atoms with Crippen LogP contribution in [0.5, 0.6) is 5.75 Å². The van der Waals surface area contributed by atoms with E-state index in [9.17, 15) is 9.90 Å². The smallest absolute Gasteiger partial charge is 0.258 e. The zero-order chi connectivity index (χ0) is 24.4. The van der Waals surface area contributed by atoms with E-state index in [0.717, 1.165) is 11.1 Å². The summed E-state index contributed by atoms with van der Waals surface area (Å²) in [5.41, 5.74) is 3.26. The van der Waals surface area contributed by atoms with Crippen LogP contribution in [-0.2, 0) is 0 Å². The second kappa shape index (κ2) is 9.66. The van der Waals surface area contributed by atoms with Crippen LogP contribution in [0.25, 0.3) is 33.8 Å². The number of nitrogens with zero attached hydrogens (tertiary/aromatic N) is 1. The van der Waals surface area contributed by atoms with Crippen molar-refractivity contribution in [3.05, 3.63) is 113 Å². The highest BCUT2D eigenvalue weighted by atomic mass is 35.5. The normalized spacial score (nSPS) is 10.8. The molecule has 0 aliphatic rings. The van der Waals surface area contributed by atoms with Gasteiger partial charge in [-0.15, -0.1) is 0 Å². The van der Waals surface area contributed by atoms with Gasteiger partial charge in [0, 0.05) is 11.1 Å². The van der Waals surface area contributed by atoms with Gasteiger partial charge in [-0.1, -0.05) is 83.9 Å². The Kier molecular flexibility index (Phi) is 6.27. The fraction of sp³-hybridized carbons (Fsp3) is 0. The average Bonchev–Trinajstić information content (AvgIpc) is 3.27. The highest BCUT2D eigenvalue weighted by Gasteiger charge is 2.24. The molecule has 4 aromatic carbocycles. The van der Waals surface area contributed by atoms with Crippen molar-refractivity contribution in [1.82, 2.24) is 4.98 Å². The molecule has 1 aromatic heterocycles. The molecule has 0 bridgehead atoms. The Morgan fingerprint density at radius 2 is 1.46 bits per heavy atom. The predicted molar refractivity (Wildman–Crippen MR) is 139 cm³/mol. The molecule has 5 nitrogen and oxygen atoms in total. The number of phenolic OH excluding ortho intramolecular Hbond substituents is 1. The first kappa shape index (κ1) is 22.7. The molecule has 1 amide bonds. The second-order valence-electron chi connectivity index (χ2n) is 7.71. The molecule has 0 aliphatic carbocycles. The lowest BCUT2D eigenvalue weighted by atomic mass is 10.0. The van der Waals surface area contributed by atoms with Crippen molar-refractivity contribution < 1.29 is 14.3 Å². The number of hydrogen-bond acceptors (Lipinski definition) is 4. The molecule has 2 N–H and O–H groups in total. The Bertz CT molecular complexity index is 1500. The van der Waals surface area contributed by atoms with Crippen LogP contribution in [0.3, 0.4) is 0 Å². The van der Waals surface area contributed by atoms with Gasteiger partial charge in [0.15, 0.2) is 0 Å². The number of aromatic hydroxyl groups is 1. The number of phenols is 1. The number of carbonyl (C=O) groups excluding carboxylic acids is 1. The van der Waals surface area contributed by atoms with Gasteiger partial charge in [-0.2, -0.15) is 0 Å². The van der Waals surface area contributed by atoms with E-state index in [0.29, 0.717) is 26.7 Å². The Hall–Kier alpha value is -4.06. The first-order valence-electron chi connectivity index (χ1n) is 10.7. The molecule has 7 heteroatoms. The van der Waals surface area contributed by atoms with E-state index in [4.69, 9.17) is 27.6 Å². The van der Waals surface area contributed by atoms with E-state index in [1.165, 1.54) is 0 Å². The second-order valence-corrected chi connectivity index (χ2v) is 8.53. The lowest BCUT2D eigenvalue weighted by molar-refractivity contribution is 0.102. The maximum absolute atomic E-state index is 12.9. The van der Waals surface area contributed by atoms with Crippen LogP contribution < -0.4 is 5.32 Å². The lowest BCUT2D eigenvalue weighted by Crippen LogP contribution is -2.11. The third-order valence-electron chi connectivity index (χ3n) is 5.43. The molecule has 0 radical (unpaired) electrons. The van der Waals surface area contributed by atoms with Crippen LogP contribution in [0.4, 0.5) is 5.88 Å². The fourth-order valence-corrected chi connectivity index (χ4v) is 4.28. The van der Waals surface area contributed by atoms with Crippen LogP contribution in [-0.4, -0.2) is 16.0 Å². The number of aromatic nitrogens is 1. The topological polar surface area (TPSA) is 75.4 Å². The molecular weight excluding hydrogens is 483 g/mol. The summed E-state index contributed by atoms with van der Waals surface area (Å²) in [6.07, 6.45) is 0. The molecule has 0 unspecified atom stereocenters. The van der Waals surface area contributed by atoms with Gasteiger partial charge >= 0.3 is 0 Å². The van der Waals surface area contributed by atoms with Crippen molar-refractivity contribution in [1.29, 1.82) is 0 Å². The number of hydrogen-bond donors (Lipinski definition) is 2. The number of rotatable bonds is 5. The third-order valence-corrected chi connectivity index (χ3v) is 6.05. The van der Waals surface area contributed by atoms with E-state index in [1.54, 1.807) is 54.6 Å². The number of anilines is 1. The van der Waals surface area contributed by atoms with Crippen LogP contribution in [0.1, 0.15) is 10.4 Å². The first-order chi connectivity index (χ1) is 17.0. The van der Waals surface area contributed by atoms with Crippen molar-refractivity contribution >= 4 is 35.0 Å². The van der Waals surface area contributed by atoms with Gasteiger partial charge in [-0.05, 0) is 47.5 Å². The maximum Gasteiger partial charge on any atom is 0.258 e. The molecule has 35 heavy (non-hydrogen) atoms. The highest BCUT2D eigenvalue weighted by molar-refractivity contribution is 6.39. The summed E-state index contributed by atoms with van der Waals surface area (Å²) in [7, 11) is 0. The number of carbonyl (C=O) groups is 1. The molecule has 1 heterocycles. The van der Waals surface area contributed by atoms with Crippen molar-refractivity contribution in [3.63, 3.8) is 0 Å². The molecule has 0 fully saturated rings. The van der Waals surface area contributed by atoms with Gasteiger partial charge in [0.25, 0.3) is 5.91 Å². The van der Waals surface area contributed by atoms with Gasteiger partial charge in [0.1, 0.15) is 11.4 Å². The first-order valence-corrected chi connectivity index (χ1v) is 11.5. The largest absolute Gasteiger partial charge is 0.507 e. The van der Waals surface area contributed by atoms with E-state index in [2.05, 4.69) is 10.3 Å². The summed E-state index contributed by atoms with van der Waals surface area (Å²) in [4.78, 5) is 17.4. The highest BCUT2D eigenvalue weighted by Crippen LogP contribution is 2.42. The molecule has 0 atom stereocenters. The fourth-order valence-electron chi connectivity index (χ4n) is 3.70. The Morgan fingerprint density at radius 1 is 0.800 bits per heavy atom. The molecule has 5 aromatic rings. The standard InChI is InChI=1S/C28H18Cl2N2O3/c29-21-12-7-13-22(30)24(21)25-28(32-26(34)18-10-5-2-6-11-18)35-27(31-25)20-15-14-19(16-23(20)33)17-8-3-1-4-9-17/h1-16,33H,(H,32,34). The van der Waals surface area contributed by atoms with Gasteiger partial charge in [0.2, 0.25) is 11.8 Å². The van der Waals surface area contributed by atoms with Crippen LogP contribution in [0.15, 0.2) is 101 Å². The van der Waals surface area contributed by atoms with Crippen molar-refractivity contribution in [3.8, 4) is 39.6 Å². The molecular formula is C28H18Cl2N2O3. The summed E-state index contributed by atoms with van der Waals surface area (Å²) in [5, 5.41) is 14.3. The van der Waals surface area contributed by atoms with Crippen LogP contribution >= 0.6 is 23.2 Å². The summed E-state index contributed by atoms with van der Waals surface area (Å²) >= 11 is 12.9. The number of oxazole rings is 1. The third kappa shape index (κ3) is 4.64. The number of benzene rings is 4. The zero-order valence-corrected chi connectivity index (χ0v) is 19.7. The van der Waals surface area contributed by atoms with E-state index in [1.807, 2.05) is 42.5 Å².